The van der Waals surface area contributed by atoms with Crippen molar-refractivity contribution in [3.63, 3.8) is 0 Å². The van der Waals surface area contributed by atoms with E-state index < -0.39 is 25.8 Å². The van der Waals surface area contributed by atoms with Crippen molar-refractivity contribution >= 4 is 13.6 Å². The highest BCUT2D eigenvalue weighted by Crippen LogP contribution is 2.40. The van der Waals surface area contributed by atoms with Gasteiger partial charge < -0.3 is 20.6 Å². The number of aliphatic carboxylic acids is 1. The predicted molar refractivity (Wildman–Crippen MR) is 91.7 cm³/mol. The van der Waals surface area contributed by atoms with Crippen LogP contribution >= 0.6 is 7.60 Å². The monoisotopic (exact) mass is 349 g/mol. The van der Waals surface area contributed by atoms with Crippen molar-refractivity contribution in [3.05, 3.63) is 59.2 Å². The zero-order valence-corrected chi connectivity index (χ0v) is 14.1. The highest BCUT2D eigenvalue weighted by Gasteiger charge is 2.18. The molecule has 0 spiro atoms. The van der Waals surface area contributed by atoms with Gasteiger partial charge in [0.05, 0.1) is 6.16 Å². The maximum atomic E-state index is 11.3. The van der Waals surface area contributed by atoms with E-state index in [0.29, 0.717) is 11.1 Å². The van der Waals surface area contributed by atoms with Gasteiger partial charge in [0, 0.05) is 0 Å². The van der Waals surface area contributed by atoms with Crippen LogP contribution in [0.5, 0.6) is 0 Å². The van der Waals surface area contributed by atoms with Crippen LogP contribution in [0.4, 0.5) is 0 Å². The molecule has 2 aromatic rings. The number of carboxylic acid groups (broad SMARTS) is 1. The topological polar surface area (TPSA) is 121 Å². The van der Waals surface area contributed by atoms with Crippen LogP contribution in [-0.2, 0) is 21.9 Å². The van der Waals surface area contributed by atoms with Crippen LogP contribution in [0.15, 0.2) is 42.5 Å². The van der Waals surface area contributed by atoms with E-state index in [0.717, 1.165) is 16.7 Å². The van der Waals surface area contributed by atoms with Gasteiger partial charge in [0.2, 0.25) is 0 Å². The van der Waals surface area contributed by atoms with E-state index in [1.54, 1.807) is 12.1 Å². The van der Waals surface area contributed by atoms with Crippen molar-refractivity contribution in [1.29, 1.82) is 0 Å². The second kappa shape index (κ2) is 7.28. The lowest BCUT2D eigenvalue weighted by atomic mass is 9.95. The molecular formula is C17H20NO5P. The molecule has 0 aliphatic carbocycles. The molecule has 0 heterocycles. The minimum Gasteiger partial charge on any atom is -0.480 e. The highest BCUT2D eigenvalue weighted by molar-refractivity contribution is 7.50. The summed E-state index contributed by atoms with van der Waals surface area (Å²) in [7, 11) is -4.23. The van der Waals surface area contributed by atoms with Crippen LogP contribution in [0.3, 0.4) is 0 Å². The Kier molecular flexibility index (Phi) is 5.57. The van der Waals surface area contributed by atoms with Gasteiger partial charge >= 0.3 is 13.6 Å². The number of carbonyl (C=O) groups is 1. The quantitative estimate of drug-likeness (QED) is 0.594. The molecule has 2 rings (SSSR count). The van der Waals surface area contributed by atoms with E-state index in [4.69, 9.17) is 10.8 Å². The molecule has 0 radical (unpaired) electrons. The summed E-state index contributed by atoms with van der Waals surface area (Å²) in [5.41, 5.74) is 9.40. The Morgan fingerprint density at radius 3 is 2.38 bits per heavy atom. The average Bonchev–Trinajstić information content (AvgIpc) is 2.45. The van der Waals surface area contributed by atoms with Gasteiger partial charge in [0.25, 0.3) is 0 Å². The van der Waals surface area contributed by atoms with Gasteiger partial charge in [-0.3, -0.25) is 9.36 Å². The van der Waals surface area contributed by atoms with Crippen molar-refractivity contribution in [1.82, 2.24) is 0 Å². The molecule has 0 bridgehead atoms. The van der Waals surface area contributed by atoms with E-state index >= 15 is 0 Å². The third kappa shape index (κ3) is 5.01. The first-order valence-corrected chi connectivity index (χ1v) is 9.17. The zero-order chi connectivity index (χ0) is 17.9. The molecule has 0 amide bonds. The number of rotatable bonds is 6. The maximum absolute atomic E-state index is 11.3. The second-order valence-electron chi connectivity index (χ2n) is 5.82. The van der Waals surface area contributed by atoms with Crippen LogP contribution in [0.25, 0.3) is 11.1 Å². The Balaban J connectivity index is 2.50. The molecule has 1 atom stereocenters. The summed E-state index contributed by atoms with van der Waals surface area (Å²) in [6.45, 7) is 1.94. The third-order valence-electron chi connectivity index (χ3n) is 3.67. The summed E-state index contributed by atoms with van der Waals surface area (Å²) in [4.78, 5) is 29.5. The van der Waals surface area contributed by atoms with Crippen LogP contribution < -0.4 is 5.73 Å². The van der Waals surface area contributed by atoms with E-state index in [2.05, 4.69) is 0 Å². The SMILES string of the molecule is Cc1ccccc1-c1cc(C[C@H](N)C(=O)O)cc(CP(=O)(O)O)c1. The van der Waals surface area contributed by atoms with Crippen molar-refractivity contribution < 1.29 is 24.3 Å². The largest absolute Gasteiger partial charge is 0.480 e. The smallest absolute Gasteiger partial charge is 0.329 e. The molecule has 6 nitrogen and oxygen atoms in total. The lowest BCUT2D eigenvalue weighted by Gasteiger charge is -2.14. The van der Waals surface area contributed by atoms with Crippen molar-refractivity contribution in [3.8, 4) is 11.1 Å². The fourth-order valence-electron chi connectivity index (χ4n) is 2.60. The van der Waals surface area contributed by atoms with Crippen LogP contribution in [-0.4, -0.2) is 26.9 Å². The number of hydrogen-bond acceptors (Lipinski definition) is 3. The first kappa shape index (κ1) is 18.4. The summed E-state index contributed by atoms with van der Waals surface area (Å²) in [5.74, 6) is -1.12. The lowest BCUT2D eigenvalue weighted by Crippen LogP contribution is -2.32. The number of aryl methyl sites for hydroxylation is 1. The van der Waals surface area contributed by atoms with Crippen LogP contribution in [0, 0.1) is 6.92 Å². The van der Waals surface area contributed by atoms with Crippen molar-refractivity contribution in [2.45, 2.75) is 25.5 Å². The van der Waals surface area contributed by atoms with E-state index in [1.165, 1.54) is 0 Å². The molecular weight excluding hydrogens is 329 g/mol. The fraction of sp³-hybridized carbons (Fsp3) is 0.235. The standard InChI is InChI=1S/C17H20NO5P/c1-11-4-2-3-5-15(11)14-7-12(9-16(18)17(19)20)6-13(8-14)10-24(21,22)23/h2-8,16H,9-10,18H2,1H3,(H,19,20)(H2,21,22,23)/t16-/m0/s1. The molecule has 0 aromatic heterocycles. The number of nitrogens with two attached hydrogens (primary N) is 1. The van der Waals surface area contributed by atoms with E-state index in [-0.39, 0.29) is 6.42 Å². The summed E-state index contributed by atoms with van der Waals surface area (Å²) in [6, 6.07) is 11.7. The molecule has 0 aliphatic heterocycles. The Morgan fingerprint density at radius 2 is 1.79 bits per heavy atom. The van der Waals surface area contributed by atoms with Gasteiger partial charge in [-0.2, -0.15) is 0 Å². The average molecular weight is 349 g/mol. The van der Waals surface area contributed by atoms with Crippen molar-refractivity contribution in [2.24, 2.45) is 5.73 Å². The molecule has 128 valence electrons. The van der Waals surface area contributed by atoms with Crippen molar-refractivity contribution in [2.75, 3.05) is 0 Å². The Bertz CT molecular complexity index is 799. The molecule has 0 fully saturated rings. The maximum Gasteiger partial charge on any atom is 0.329 e. The van der Waals surface area contributed by atoms with Gasteiger partial charge in [0.1, 0.15) is 6.04 Å². The molecule has 0 saturated heterocycles. The highest BCUT2D eigenvalue weighted by atomic mass is 31.2. The normalized spacial score (nSPS) is 12.8. The Hall–Kier alpha value is -1.98. The zero-order valence-electron chi connectivity index (χ0n) is 13.2. The van der Waals surface area contributed by atoms with Crippen LogP contribution in [0.1, 0.15) is 16.7 Å². The van der Waals surface area contributed by atoms with Gasteiger partial charge in [0.15, 0.2) is 0 Å². The third-order valence-corrected chi connectivity index (χ3v) is 4.45. The number of benzene rings is 2. The first-order chi connectivity index (χ1) is 11.2. The predicted octanol–water partition coefficient (Wildman–Crippen LogP) is 2.29. The summed E-state index contributed by atoms with van der Waals surface area (Å²) >= 11 is 0. The molecule has 24 heavy (non-hydrogen) atoms. The van der Waals surface area contributed by atoms with Gasteiger partial charge in [-0.05, 0) is 41.2 Å². The molecule has 0 saturated carbocycles. The minimum atomic E-state index is -4.23. The summed E-state index contributed by atoms with van der Waals surface area (Å²) in [5, 5.41) is 8.98. The number of carboxylic acids is 1. The lowest BCUT2D eigenvalue weighted by molar-refractivity contribution is -0.138. The summed E-state index contributed by atoms with van der Waals surface area (Å²) in [6.07, 6.45) is -0.314. The van der Waals surface area contributed by atoms with Gasteiger partial charge in [-0.1, -0.05) is 42.5 Å². The Morgan fingerprint density at radius 1 is 1.17 bits per heavy atom. The van der Waals surface area contributed by atoms with Gasteiger partial charge in [-0.25, -0.2) is 0 Å². The number of hydrogen-bond donors (Lipinski definition) is 4. The van der Waals surface area contributed by atoms with E-state index in [1.807, 2.05) is 37.3 Å². The van der Waals surface area contributed by atoms with Crippen LogP contribution in [0.2, 0.25) is 0 Å². The Labute approximate surface area is 140 Å². The van der Waals surface area contributed by atoms with Gasteiger partial charge in [-0.15, -0.1) is 0 Å². The molecule has 0 unspecified atom stereocenters. The second-order valence-corrected chi connectivity index (χ2v) is 7.47. The first-order valence-electron chi connectivity index (χ1n) is 7.37. The summed E-state index contributed by atoms with van der Waals surface area (Å²) < 4.78 is 11.3. The molecule has 2 aromatic carbocycles. The molecule has 7 heteroatoms. The minimum absolute atomic E-state index is 0.0865. The molecule has 5 N–H and O–H groups in total. The molecule has 0 aliphatic rings. The van der Waals surface area contributed by atoms with E-state index in [9.17, 15) is 19.1 Å². The fourth-order valence-corrected chi connectivity index (χ4v) is 3.26.